The zero-order valence-electron chi connectivity index (χ0n) is 11.4. The van der Waals surface area contributed by atoms with Gasteiger partial charge in [-0.2, -0.15) is 0 Å². The molecule has 3 heteroatoms. The molecule has 1 fully saturated rings. The number of hydrogen-bond donors (Lipinski definition) is 1. The molecular formula is C14H24O3. The molecule has 1 rings (SSSR count). The summed E-state index contributed by atoms with van der Waals surface area (Å²) >= 11 is 0. The van der Waals surface area contributed by atoms with Crippen LogP contribution in [0.3, 0.4) is 0 Å². The quantitative estimate of drug-likeness (QED) is 0.609. The Bertz CT molecular complexity index is 304. The second-order valence-corrected chi connectivity index (χ2v) is 6.10. The van der Waals surface area contributed by atoms with Gasteiger partial charge in [0.1, 0.15) is 0 Å². The summed E-state index contributed by atoms with van der Waals surface area (Å²) in [6.07, 6.45) is 5.78. The molecule has 1 aliphatic carbocycles. The van der Waals surface area contributed by atoms with E-state index in [-0.39, 0.29) is 18.0 Å². The zero-order valence-corrected chi connectivity index (χ0v) is 11.4. The van der Waals surface area contributed by atoms with E-state index in [0.29, 0.717) is 0 Å². The Hall–Kier alpha value is -0.830. The highest BCUT2D eigenvalue weighted by Gasteiger charge is 2.35. The lowest BCUT2D eigenvalue weighted by atomic mass is 9.80. The first-order chi connectivity index (χ1) is 7.82. The number of rotatable bonds is 3. The van der Waals surface area contributed by atoms with Gasteiger partial charge in [-0.15, -0.1) is 0 Å². The molecule has 1 aliphatic rings. The Labute approximate surface area is 104 Å². The van der Waals surface area contributed by atoms with Crippen LogP contribution in [-0.4, -0.2) is 17.7 Å². The van der Waals surface area contributed by atoms with Gasteiger partial charge in [-0.3, -0.25) is 4.79 Å². The maximum atomic E-state index is 11.6. The molecule has 0 radical (unpaired) electrons. The van der Waals surface area contributed by atoms with E-state index < -0.39 is 5.41 Å². The third kappa shape index (κ3) is 3.32. The average molecular weight is 240 g/mol. The van der Waals surface area contributed by atoms with Crippen LogP contribution in [-0.2, 0) is 9.53 Å². The minimum atomic E-state index is -0.487. The first-order valence-corrected chi connectivity index (χ1v) is 6.31. The number of aliphatic hydroxyl groups is 1. The molecule has 0 heterocycles. The number of carbonyl (C=O) groups excluding carboxylic acids is 1. The summed E-state index contributed by atoms with van der Waals surface area (Å²) in [4.78, 5) is 11.6. The van der Waals surface area contributed by atoms with Gasteiger partial charge in [0.2, 0.25) is 0 Å². The van der Waals surface area contributed by atoms with Crippen molar-refractivity contribution in [2.75, 3.05) is 6.61 Å². The number of esters is 1. The van der Waals surface area contributed by atoms with Gasteiger partial charge < -0.3 is 9.84 Å². The summed E-state index contributed by atoms with van der Waals surface area (Å²) in [6, 6.07) is 0. The summed E-state index contributed by atoms with van der Waals surface area (Å²) < 4.78 is 5.20. The van der Waals surface area contributed by atoms with Gasteiger partial charge in [0, 0.05) is 5.41 Å². The first kappa shape index (κ1) is 14.2. The molecule has 0 aromatic rings. The molecule has 0 aromatic heterocycles. The van der Waals surface area contributed by atoms with Crippen LogP contribution in [0.1, 0.15) is 53.4 Å². The van der Waals surface area contributed by atoms with Crippen molar-refractivity contribution in [3.63, 3.8) is 0 Å². The summed E-state index contributed by atoms with van der Waals surface area (Å²) in [6.45, 7) is 7.57. The van der Waals surface area contributed by atoms with Crippen LogP contribution in [0, 0.1) is 10.8 Å². The van der Waals surface area contributed by atoms with Gasteiger partial charge in [-0.05, 0) is 46.1 Å². The van der Waals surface area contributed by atoms with Gasteiger partial charge in [0.15, 0.2) is 0 Å². The van der Waals surface area contributed by atoms with Crippen molar-refractivity contribution < 1.29 is 14.6 Å². The molecule has 98 valence electrons. The Balaban J connectivity index is 2.69. The fourth-order valence-electron chi connectivity index (χ4n) is 2.17. The molecule has 0 saturated heterocycles. The molecular weight excluding hydrogens is 216 g/mol. The summed E-state index contributed by atoms with van der Waals surface area (Å²) in [5.41, 5.74) is 0.340. The molecule has 0 amide bonds. The average Bonchev–Trinajstić information content (AvgIpc) is 2.73. The molecule has 1 N–H and O–H groups in total. The number of ether oxygens (including phenoxy) is 1. The predicted molar refractivity (Wildman–Crippen MR) is 67.3 cm³/mol. The third-order valence-electron chi connectivity index (χ3n) is 3.65. The van der Waals surface area contributed by atoms with Crippen molar-refractivity contribution in [1.82, 2.24) is 0 Å². The van der Waals surface area contributed by atoms with Crippen molar-refractivity contribution in [2.24, 2.45) is 10.8 Å². The molecule has 3 nitrogen and oxygen atoms in total. The molecule has 0 aliphatic heterocycles. The van der Waals surface area contributed by atoms with Crippen LogP contribution >= 0.6 is 0 Å². The Kier molecular flexibility index (Phi) is 4.36. The van der Waals surface area contributed by atoms with Gasteiger partial charge >= 0.3 is 5.97 Å². The van der Waals surface area contributed by atoms with Crippen molar-refractivity contribution in [2.45, 2.75) is 53.4 Å². The number of carbonyl (C=O) groups is 1. The highest BCUT2D eigenvalue weighted by molar-refractivity contribution is 5.75. The minimum absolute atomic E-state index is 0.141. The zero-order chi connectivity index (χ0) is 13.1. The number of hydrogen-bond acceptors (Lipinski definition) is 3. The smallest absolute Gasteiger partial charge is 0.316 e. The molecule has 1 saturated carbocycles. The maximum Gasteiger partial charge on any atom is 0.316 e. The van der Waals surface area contributed by atoms with Crippen LogP contribution in [0.25, 0.3) is 0 Å². The van der Waals surface area contributed by atoms with Crippen molar-refractivity contribution in [1.29, 1.82) is 0 Å². The van der Waals surface area contributed by atoms with E-state index in [1.807, 2.05) is 27.7 Å². The summed E-state index contributed by atoms with van der Waals surface area (Å²) in [7, 11) is 0. The van der Waals surface area contributed by atoms with E-state index in [0.717, 1.165) is 31.3 Å². The Morgan fingerprint density at radius 1 is 1.35 bits per heavy atom. The largest absolute Gasteiger partial charge is 0.434 e. The summed E-state index contributed by atoms with van der Waals surface area (Å²) in [5, 5.41) is 9.53. The van der Waals surface area contributed by atoms with Crippen molar-refractivity contribution >= 4 is 5.97 Å². The third-order valence-corrected chi connectivity index (χ3v) is 3.65. The minimum Gasteiger partial charge on any atom is -0.434 e. The SMILES string of the molecule is C/C(=C\OC(=O)C(C)(C)C)C1(CO)CCCC1. The molecule has 0 unspecified atom stereocenters. The van der Waals surface area contributed by atoms with E-state index in [2.05, 4.69) is 0 Å². The topological polar surface area (TPSA) is 46.5 Å². The monoisotopic (exact) mass is 240 g/mol. The number of aliphatic hydroxyl groups excluding tert-OH is 1. The van der Waals surface area contributed by atoms with Crippen molar-refractivity contribution in [3.8, 4) is 0 Å². The highest BCUT2D eigenvalue weighted by atomic mass is 16.5. The van der Waals surface area contributed by atoms with E-state index in [4.69, 9.17) is 4.74 Å². The predicted octanol–water partition coefficient (Wildman–Crippen LogP) is 3.03. The lowest BCUT2D eigenvalue weighted by molar-refractivity contribution is -0.147. The van der Waals surface area contributed by atoms with Gasteiger partial charge in [-0.1, -0.05) is 12.8 Å². The van der Waals surface area contributed by atoms with Crippen LogP contribution in [0.2, 0.25) is 0 Å². The molecule has 0 bridgehead atoms. The van der Waals surface area contributed by atoms with Crippen LogP contribution in [0.4, 0.5) is 0 Å². The molecule has 0 spiro atoms. The van der Waals surface area contributed by atoms with Crippen LogP contribution < -0.4 is 0 Å². The second kappa shape index (κ2) is 5.21. The van der Waals surface area contributed by atoms with E-state index >= 15 is 0 Å². The lowest BCUT2D eigenvalue weighted by Crippen LogP contribution is -2.25. The lowest BCUT2D eigenvalue weighted by Gasteiger charge is -2.27. The maximum absolute atomic E-state index is 11.6. The van der Waals surface area contributed by atoms with Gasteiger partial charge in [0.25, 0.3) is 0 Å². The second-order valence-electron chi connectivity index (χ2n) is 6.10. The summed E-state index contributed by atoms with van der Waals surface area (Å²) in [5.74, 6) is -0.233. The van der Waals surface area contributed by atoms with E-state index in [9.17, 15) is 9.90 Å². The Morgan fingerprint density at radius 2 is 1.88 bits per heavy atom. The molecule has 17 heavy (non-hydrogen) atoms. The van der Waals surface area contributed by atoms with Gasteiger partial charge in [-0.25, -0.2) is 0 Å². The first-order valence-electron chi connectivity index (χ1n) is 6.31. The van der Waals surface area contributed by atoms with E-state index in [1.165, 1.54) is 6.26 Å². The fraction of sp³-hybridized carbons (Fsp3) is 0.786. The van der Waals surface area contributed by atoms with Crippen molar-refractivity contribution in [3.05, 3.63) is 11.8 Å². The van der Waals surface area contributed by atoms with Gasteiger partial charge in [0.05, 0.1) is 18.3 Å². The standard InChI is InChI=1S/C14H24O3/c1-11(9-17-12(16)13(2,3)4)14(10-15)7-5-6-8-14/h9,15H,5-8,10H2,1-4H3/b11-9+. The van der Waals surface area contributed by atoms with Crippen LogP contribution in [0.5, 0.6) is 0 Å². The van der Waals surface area contributed by atoms with Crippen LogP contribution in [0.15, 0.2) is 11.8 Å². The molecule has 0 aromatic carbocycles. The fourth-order valence-corrected chi connectivity index (χ4v) is 2.17. The highest BCUT2D eigenvalue weighted by Crippen LogP contribution is 2.43. The Morgan fingerprint density at radius 3 is 2.29 bits per heavy atom. The molecule has 0 atom stereocenters. The normalized spacial score (nSPS) is 20.4. The van der Waals surface area contributed by atoms with E-state index in [1.54, 1.807) is 0 Å².